The van der Waals surface area contributed by atoms with Gasteiger partial charge in [-0.1, -0.05) is 0 Å². The van der Waals surface area contributed by atoms with Crippen LogP contribution in [0.3, 0.4) is 0 Å². The highest BCUT2D eigenvalue weighted by atomic mass is 19.1. The van der Waals surface area contributed by atoms with Gasteiger partial charge in [-0.15, -0.1) is 0 Å². The molecular formula is C11H12FN3O2. The predicted molar refractivity (Wildman–Crippen MR) is 58.3 cm³/mol. The van der Waals surface area contributed by atoms with Crippen molar-refractivity contribution in [3.05, 3.63) is 35.9 Å². The Morgan fingerprint density at radius 3 is 2.88 bits per heavy atom. The molecular weight excluding hydrogens is 225 g/mol. The highest BCUT2D eigenvalue weighted by Gasteiger charge is 2.06. The normalized spacial score (nSPS) is 10.3. The molecule has 0 bridgehead atoms. The summed E-state index contributed by atoms with van der Waals surface area (Å²) in [5.41, 5.74) is 0.634. The Balaban J connectivity index is 2.07. The Morgan fingerprint density at radius 1 is 1.41 bits per heavy atom. The number of ether oxygens (including phenoxy) is 2. The van der Waals surface area contributed by atoms with E-state index in [1.807, 2.05) is 0 Å². The molecule has 0 N–H and O–H groups in total. The molecule has 0 fully saturated rings. The van der Waals surface area contributed by atoms with Gasteiger partial charge in [0, 0.05) is 13.1 Å². The van der Waals surface area contributed by atoms with Crippen molar-refractivity contribution in [2.75, 3.05) is 7.11 Å². The van der Waals surface area contributed by atoms with Crippen molar-refractivity contribution in [1.82, 2.24) is 15.0 Å². The average molecular weight is 237 g/mol. The summed E-state index contributed by atoms with van der Waals surface area (Å²) >= 11 is 0. The summed E-state index contributed by atoms with van der Waals surface area (Å²) in [5.74, 6) is 0.241. The second kappa shape index (κ2) is 4.82. The molecule has 1 aromatic heterocycles. The molecule has 6 heteroatoms. The molecule has 2 rings (SSSR count). The number of halogens is 1. The fourth-order valence-electron chi connectivity index (χ4n) is 1.33. The molecule has 0 saturated carbocycles. The van der Waals surface area contributed by atoms with Gasteiger partial charge in [0.05, 0.1) is 13.3 Å². The maximum atomic E-state index is 13.4. The summed E-state index contributed by atoms with van der Waals surface area (Å²) in [4.78, 5) is 1.42. The van der Waals surface area contributed by atoms with Gasteiger partial charge in [-0.25, -0.2) is 4.39 Å². The van der Waals surface area contributed by atoms with E-state index in [0.717, 1.165) is 0 Å². The summed E-state index contributed by atoms with van der Waals surface area (Å²) in [6.45, 7) is 0.165. The molecule has 0 radical (unpaired) electrons. The lowest BCUT2D eigenvalue weighted by atomic mass is 10.3. The third-order valence-corrected chi connectivity index (χ3v) is 2.16. The SMILES string of the molecule is COc1ccc(F)c(OCc2cnn(C)n2)c1. The van der Waals surface area contributed by atoms with Crippen LogP contribution in [0.5, 0.6) is 11.5 Å². The summed E-state index contributed by atoms with van der Waals surface area (Å²) in [6, 6.07) is 4.32. The molecule has 0 amide bonds. The number of nitrogens with zero attached hydrogens (tertiary/aromatic N) is 3. The van der Waals surface area contributed by atoms with Gasteiger partial charge in [-0.3, -0.25) is 0 Å². The second-order valence-corrected chi connectivity index (χ2v) is 3.41. The molecule has 0 saturated heterocycles. The first-order valence-electron chi connectivity index (χ1n) is 5.00. The van der Waals surface area contributed by atoms with Gasteiger partial charge in [-0.2, -0.15) is 15.0 Å². The maximum Gasteiger partial charge on any atom is 0.165 e. The summed E-state index contributed by atoms with van der Waals surface area (Å²) < 4.78 is 23.7. The maximum absolute atomic E-state index is 13.4. The fourth-order valence-corrected chi connectivity index (χ4v) is 1.33. The van der Waals surface area contributed by atoms with Crippen molar-refractivity contribution < 1.29 is 13.9 Å². The van der Waals surface area contributed by atoms with E-state index in [1.165, 1.54) is 30.1 Å². The molecule has 17 heavy (non-hydrogen) atoms. The topological polar surface area (TPSA) is 49.2 Å². The van der Waals surface area contributed by atoms with Crippen molar-refractivity contribution >= 4 is 0 Å². The van der Waals surface area contributed by atoms with E-state index in [-0.39, 0.29) is 12.4 Å². The number of benzene rings is 1. The molecule has 2 aromatic rings. The van der Waals surface area contributed by atoms with Gasteiger partial charge in [0.2, 0.25) is 0 Å². The van der Waals surface area contributed by atoms with Gasteiger partial charge >= 0.3 is 0 Å². The highest BCUT2D eigenvalue weighted by molar-refractivity contribution is 5.34. The van der Waals surface area contributed by atoms with E-state index in [4.69, 9.17) is 9.47 Å². The van der Waals surface area contributed by atoms with Crippen LogP contribution in [0.4, 0.5) is 4.39 Å². The largest absolute Gasteiger partial charge is 0.497 e. The number of hydrogen-bond donors (Lipinski definition) is 0. The summed E-state index contributed by atoms with van der Waals surface area (Å²) in [5, 5.41) is 7.92. The van der Waals surface area contributed by atoms with E-state index in [1.54, 1.807) is 13.2 Å². The zero-order chi connectivity index (χ0) is 12.3. The van der Waals surface area contributed by atoms with Crippen LogP contribution in [0.25, 0.3) is 0 Å². The lowest BCUT2D eigenvalue weighted by Gasteiger charge is -2.07. The molecule has 0 spiro atoms. The van der Waals surface area contributed by atoms with Crippen LogP contribution >= 0.6 is 0 Å². The van der Waals surface area contributed by atoms with Crippen LogP contribution in [0.15, 0.2) is 24.4 Å². The number of hydrogen-bond acceptors (Lipinski definition) is 4. The number of methoxy groups -OCH3 is 1. The first-order chi connectivity index (χ1) is 8.19. The first-order valence-corrected chi connectivity index (χ1v) is 5.00. The molecule has 0 aliphatic rings. The summed E-state index contributed by atoms with van der Waals surface area (Å²) in [7, 11) is 3.22. The molecule has 90 valence electrons. The molecule has 1 heterocycles. The van der Waals surface area contributed by atoms with E-state index >= 15 is 0 Å². The minimum Gasteiger partial charge on any atom is -0.497 e. The van der Waals surface area contributed by atoms with Crippen LogP contribution in [-0.2, 0) is 13.7 Å². The minimum atomic E-state index is -0.435. The highest BCUT2D eigenvalue weighted by Crippen LogP contribution is 2.23. The molecule has 0 atom stereocenters. The zero-order valence-electron chi connectivity index (χ0n) is 9.55. The number of aromatic nitrogens is 3. The number of aryl methyl sites for hydroxylation is 1. The van der Waals surface area contributed by atoms with E-state index < -0.39 is 5.82 Å². The Bertz CT molecular complexity index is 513. The lowest BCUT2D eigenvalue weighted by Crippen LogP contribution is -2.00. The lowest BCUT2D eigenvalue weighted by molar-refractivity contribution is 0.282. The van der Waals surface area contributed by atoms with Crippen LogP contribution in [0.2, 0.25) is 0 Å². The van der Waals surface area contributed by atoms with E-state index in [9.17, 15) is 4.39 Å². The van der Waals surface area contributed by atoms with E-state index in [2.05, 4.69) is 10.2 Å². The monoisotopic (exact) mass is 237 g/mol. The second-order valence-electron chi connectivity index (χ2n) is 3.41. The Kier molecular flexibility index (Phi) is 3.22. The van der Waals surface area contributed by atoms with Crippen molar-refractivity contribution in [2.45, 2.75) is 6.61 Å². The fraction of sp³-hybridized carbons (Fsp3) is 0.273. The molecule has 1 aromatic carbocycles. The van der Waals surface area contributed by atoms with Crippen LogP contribution in [0, 0.1) is 5.82 Å². The molecule has 5 nitrogen and oxygen atoms in total. The minimum absolute atomic E-state index is 0.134. The van der Waals surface area contributed by atoms with E-state index in [0.29, 0.717) is 11.4 Å². The van der Waals surface area contributed by atoms with Crippen molar-refractivity contribution in [1.29, 1.82) is 0 Å². The van der Waals surface area contributed by atoms with Crippen LogP contribution in [-0.4, -0.2) is 22.1 Å². The first kappa shape index (κ1) is 11.4. The number of rotatable bonds is 4. The average Bonchev–Trinajstić information content (AvgIpc) is 2.74. The molecule has 0 unspecified atom stereocenters. The van der Waals surface area contributed by atoms with Crippen LogP contribution < -0.4 is 9.47 Å². The Hall–Kier alpha value is -2.11. The van der Waals surface area contributed by atoms with Gasteiger partial charge in [0.1, 0.15) is 18.1 Å². The molecule has 0 aliphatic carbocycles. The predicted octanol–water partition coefficient (Wildman–Crippen LogP) is 1.54. The van der Waals surface area contributed by atoms with Crippen LogP contribution in [0.1, 0.15) is 5.69 Å². The standard InChI is InChI=1S/C11H12FN3O2/c1-15-13-6-8(14-15)7-17-11-5-9(16-2)3-4-10(11)12/h3-6H,7H2,1-2H3. The zero-order valence-corrected chi connectivity index (χ0v) is 9.55. The van der Waals surface area contributed by atoms with Gasteiger partial charge in [0.25, 0.3) is 0 Å². The third kappa shape index (κ3) is 2.72. The smallest absolute Gasteiger partial charge is 0.165 e. The van der Waals surface area contributed by atoms with Gasteiger partial charge in [-0.05, 0) is 12.1 Å². The molecule has 0 aliphatic heterocycles. The summed E-state index contributed by atoms with van der Waals surface area (Å²) in [6.07, 6.45) is 1.57. The quantitative estimate of drug-likeness (QED) is 0.809. The van der Waals surface area contributed by atoms with Crippen molar-refractivity contribution in [2.24, 2.45) is 7.05 Å². The van der Waals surface area contributed by atoms with Crippen molar-refractivity contribution in [3.8, 4) is 11.5 Å². The van der Waals surface area contributed by atoms with Crippen molar-refractivity contribution in [3.63, 3.8) is 0 Å². The Morgan fingerprint density at radius 2 is 2.24 bits per heavy atom. The Labute approximate surface area is 97.8 Å². The van der Waals surface area contributed by atoms with Gasteiger partial charge < -0.3 is 9.47 Å². The third-order valence-electron chi connectivity index (χ3n) is 2.16. The van der Waals surface area contributed by atoms with Gasteiger partial charge in [0.15, 0.2) is 11.6 Å².